The SMILES string of the molecule is C=C1O/C(=C/Br)CCC1c1cccc2ccccc12. The quantitative estimate of drug-likeness (QED) is 0.677. The lowest BCUT2D eigenvalue weighted by Gasteiger charge is -2.27. The molecule has 2 aromatic carbocycles. The highest BCUT2D eigenvalue weighted by molar-refractivity contribution is 9.11. The molecule has 1 saturated heterocycles. The molecule has 19 heavy (non-hydrogen) atoms. The van der Waals surface area contributed by atoms with Gasteiger partial charge in [-0.2, -0.15) is 0 Å². The number of benzene rings is 2. The van der Waals surface area contributed by atoms with Gasteiger partial charge in [-0.05, 0) is 22.8 Å². The summed E-state index contributed by atoms with van der Waals surface area (Å²) in [6, 6.07) is 14.9. The Balaban J connectivity index is 2.03. The molecule has 2 heteroatoms. The number of fused-ring (bicyclic) bond motifs is 1. The second-order valence-corrected chi connectivity index (χ2v) is 5.26. The van der Waals surface area contributed by atoms with Crippen LogP contribution in [0.25, 0.3) is 10.8 Å². The number of hydrogen-bond acceptors (Lipinski definition) is 1. The van der Waals surface area contributed by atoms with Crippen molar-refractivity contribution in [2.24, 2.45) is 0 Å². The molecular formula is C17H15BrO. The monoisotopic (exact) mass is 314 g/mol. The molecular weight excluding hydrogens is 300 g/mol. The van der Waals surface area contributed by atoms with Crippen molar-refractivity contribution in [2.75, 3.05) is 0 Å². The average Bonchev–Trinajstić information content (AvgIpc) is 2.46. The van der Waals surface area contributed by atoms with Crippen LogP contribution in [0.15, 0.2) is 65.5 Å². The molecule has 1 aliphatic heterocycles. The first-order valence-electron chi connectivity index (χ1n) is 6.43. The smallest absolute Gasteiger partial charge is 0.110 e. The number of ether oxygens (including phenoxy) is 1. The van der Waals surface area contributed by atoms with Crippen LogP contribution in [0.5, 0.6) is 0 Å². The topological polar surface area (TPSA) is 9.23 Å². The third-order valence-corrected chi connectivity index (χ3v) is 4.16. The van der Waals surface area contributed by atoms with Crippen LogP contribution in [0.3, 0.4) is 0 Å². The summed E-state index contributed by atoms with van der Waals surface area (Å²) in [4.78, 5) is 1.84. The Bertz CT molecular complexity index is 652. The Morgan fingerprint density at radius 2 is 1.95 bits per heavy atom. The van der Waals surface area contributed by atoms with E-state index in [1.165, 1.54) is 16.3 Å². The minimum Gasteiger partial charge on any atom is -0.466 e. The van der Waals surface area contributed by atoms with Gasteiger partial charge in [0.1, 0.15) is 11.5 Å². The van der Waals surface area contributed by atoms with Gasteiger partial charge in [0.15, 0.2) is 0 Å². The van der Waals surface area contributed by atoms with E-state index in [2.05, 4.69) is 65.0 Å². The maximum atomic E-state index is 5.77. The molecule has 1 unspecified atom stereocenters. The molecule has 2 aromatic rings. The minimum absolute atomic E-state index is 0.280. The van der Waals surface area contributed by atoms with E-state index in [0.29, 0.717) is 0 Å². The molecule has 1 fully saturated rings. The van der Waals surface area contributed by atoms with Gasteiger partial charge in [-0.1, -0.05) is 65.0 Å². The summed E-state index contributed by atoms with van der Waals surface area (Å²) in [6.45, 7) is 4.09. The van der Waals surface area contributed by atoms with Crippen molar-refractivity contribution in [1.82, 2.24) is 0 Å². The molecule has 3 rings (SSSR count). The third-order valence-electron chi connectivity index (χ3n) is 3.65. The van der Waals surface area contributed by atoms with Crippen LogP contribution in [0.1, 0.15) is 24.3 Å². The summed E-state index contributed by atoms with van der Waals surface area (Å²) in [6.07, 6.45) is 1.99. The molecule has 1 aliphatic rings. The fourth-order valence-electron chi connectivity index (χ4n) is 2.70. The lowest BCUT2D eigenvalue weighted by atomic mass is 9.87. The standard InChI is InChI=1S/C17H15BrO/c1-12-15(10-9-14(11-18)19-12)17-8-4-6-13-5-2-3-7-16(13)17/h2-8,11,15H,1,9-10H2/b14-11+. The van der Waals surface area contributed by atoms with Crippen molar-refractivity contribution < 1.29 is 4.74 Å². The lowest BCUT2D eigenvalue weighted by Crippen LogP contribution is -2.12. The van der Waals surface area contributed by atoms with Crippen LogP contribution in [0.4, 0.5) is 0 Å². The zero-order valence-electron chi connectivity index (χ0n) is 10.6. The molecule has 0 aromatic heterocycles. The largest absolute Gasteiger partial charge is 0.466 e. The van der Waals surface area contributed by atoms with Crippen LogP contribution >= 0.6 is 15.9 Å². The molecule has 0 N–H and O–H groups in total. The van der Waals surface area contributed by atoms with Crippen molar-refractivity contribution in [3.8, 4) is 0 Å². The van der Waals surface area contributed by atoms with E-state index in [9.17, 15) is 0 Å². The Morgan fingerprint density at radius 3 is 2.74 bits per heavy atom. The molecule has 0 radical (unpaired) electrons. The Kier molecular flexibility index (Phi) is 3.43. The van der Waals surface area contributed by atoms with E-state index in [-0.39, 0.29) is 5.92 Å². The summed E-state index contributed by atoms with van der Waals surface area (Å²) in [5.41, 5.74) is 1.32. The molecule has 0 aliphatic carbocycles. The number of allylic oxidation sites excluding steroid dienone is 2. The predicted molar refractivity (Wildman–Crippen MR) is 83.2 cm³/mol. The van der Waals surface area contributed by atoms with Gasteiger partial charge in [0.25, 0.3) is 0 Å². The van der Waals surface area contributed by atoms with E-state index in [1.54, 1.807) is 0 Å². The summed E-state index contributed by atoms with van der Waals surface area (Å²) >= 11 is 3.33. The van der Waals surface area contributed by atoms with Crippen molar-refractivity contribution in [3.63, 3.8) is 0 Å². The highest BCUT2D eigenvalue weighted by Gasteiger charge is 2.24. The highest BCUT2D eigenvalue weighted by Crippen LogP contribution is 2.39. The van der Waals surface area contributed by atoms with Crippen molar-refractivity contribution in [2.45, 2.75) is 18.8 Å². The fraction of sp³-hybridized carbons (Fsp3) is 0.176. The normalized spacial score (nSPS) is 21.6. The van der Waals surface area contributed by atoms with Gasteiger partial charge in [0, 0.05) is 17.3 Å². The molecule has 0 saturated carbocycles. The first-order valence-corrected chi connectivity index (χ1v) is 7.34. The maximum Gasteiger partial charge on any atom is 0.110 e. The number of rotatable bonds is 1. The van der Waals surface area contributed by atoms with Gasteiger partial charge in [-0.25, -0.2) is 0 Å². The summed E-state index contributed by atoms with van der Waals surface area (Å²) < 4.78 is 5.77. The van der Waals surface area contributed by atoms with E-state index in [1.807, 2.05) is 4.99 Å². The highest BCUT2D eigenvalue weighted by atomic mass is 79.9. The van der Waals surface area contributed by atoms with Crippen molar-refractivity contribution in [1.29, 1.82) is 0 Å². The van der Waals surface area contributed by atoms with Crippen LogP contribution in [0, 0.1) is 0 Å². The molecule has 1 atom stereocenters. The van der Waals surface area contributed by atoms with Gasteiger partial charge in [-0.15, -0.1) is 0 Å². The lowest BCUT2D eigenvalue weighted by molar-refractivity contribution is 0.228. The number of hydrogen-bond donors (Lipinski definition) is 0. The first-order chi connectivity index (χ1) is 9.29. The Morgan fingerprint density at radius 1 is 1.16 bits per heavy atom. The zero-order valence-corrected chi connectivity index (χ0v) is 12.2. The second kappa shape index (κ2) is 5.22. The van der Waals surface area contributed by atoms with Crippen molar-refractivity contribution >= 4 is 26.7 Å². The molecule has 1 nitrogen and oxygen atoms in total. The van der Waals surface area contributed by atoms with Gasteiger partial charge < -0.3 is 4.74 Å². The van der Waals surface area contributed by atoms with E-state index >= 15 is 0 Å². The van der Waals surface area contributed by atoms with Gasteiger partial charge in [0.2, 0.25) is 0 Å². The summed E-state index contributed by atoms with van der Waals surface area (Å²) in [5.74, 6) is 2.08. The number of halogens is 1. The van der Waals surface area contributed by atoms with Crippen LogP contribution < -0.4 is 0 Å². The van der Waals surface area contributed by atoms with Gasteiger partial charge in [0.05, 0.1) is 0 Å². The fourth-order valence-corrected chi connectivity index (χ4v) is 3.02. The molecule has 0 spiro atoms. The van der Waals surface area contributed by atoms with Crippen LogP contribution in [-0.2, 0) is 4.74 Å². The van der Waals surface area contributed by atoms with Crippen LogP contribution in [0.2, 0.25) is 0 Å². The van der Waals surface area contributed by atoms with Gasteiger partial charge in [-0.3, -0.25) is 0 Å². The van der Waals surface area contributed by atoms with Crippen molar-refractivity contribution in [3.05, 3.63) is 71.1 Å². The molecule has 96 valence electrons. The van der Waals surface area contributed by atoms with Gasteiger partial charge >= 0.3 is 0 Å². The summed E-state index contributed by atoms with van der Waals surface area (Å²) in [7, 11) is 0. The minimum atomic E-state index is 0.280. The average molecular weight is 315 g/mol. The maximum absolute atomic E-state index is 5.77. The predicted octanol–water partition coefficient (Wildman–Crippen LogP) is 5.48. The van der Waals surface area contributed by atoms with Crippen LogP contribution in [-0.4, -0.2) is 0 Å². The van der Waals surface area contributed by atoms with E-state index in [0.717, 1.165) is 24.4 Å². The zero-order chi connectivity index (χ0) is 13.2. The first kappa shape index (κ1) is 12.5. The molecule has 1 heterocycles. The Hall–Kier alpha value is -1.54. The van der Waals surface area contributed by atoms with E-state index < -0.39 is 0 Å². The molecule has 0 bridgehead atoms. The third kappa shape index (κ3) is 2.33. The Labute approximate surface area is 121 Å². The summed E-state index contributed by atoms with van der Waals surface area (Å²) in [5, 5.41) is 2.57. The van der Waals surface area contributed by atoms with E-state index in [4.69, 9.17) is 4.74 Å². The second-order valence-electron chi connectivity index (χ2n) is 4.80. The molecule has 0 amide bonds.